The van der Waals surface area contributed by atoms with Crippen molar-refractivity contribution in [3.05, 3.63) is 70.2 Å². The van der Waals surface area contributed by atoms with Gasteiger partial charge >= 0.3 is 0 Å². The van der Waals surface area contributed by atoms with Crippen molar-refractivity contribution in [3.8, 4) is 0 Å². The summed E-state index contributed by atoms with van der Waals surface area (Å²) in [5.74, 6) is 0.755. The molecule has 1 spiro atoms. The van der Waals surface area contributed by atoms with Gasteiger partial charge in [-0.25, -0.2) is 0 Å². The Labute approximate surface area is 229 Å². The van der Waals surface area contributed by atoms with E-state index in [2.05, 4.69) is 55.3 Å². The number of amides is 2. The molecular weight excluding hydrogens is 538 g/mol. The van der Waals surface area contributed by atoms with Crippen molar-refractivity contribution in [3.63, 3.8) is 0 Å². The van der Waals surface area contributed by atoms with E-state index in [9.17, 15) is 9.59 Å². The van der Waals surface area contributed by atoms with Crippen molar-refractivity contribution in [2.24, 2.45) is 11.3 Å². The molecule has 2 amide bonds. The van der Waals surface area contributed by atoms with Gasteiger partial charge in [0.25, 0.3) is 0 Å². The SMILES string of the molecule is Cl.O=C(N[C@@H](CCN1CCC2(CC1)CCN(Cc1ccc(Br)cc1)C2=O)c1ccccc1)C1CCC1. The van der Waals surface area contributed by atoms with Crippen molar-refractivity contribution in [1.82, 2.24) is 15.1 Å². The highest BCUT2D eigenvalue weighted by atomic mass is 79.9. The second-order valence-electron chi connectivity index (χ2n) is 10.6. The maximum absolute atomic E-state index is 13.4. The third kappa shape index (κ3) is 6.15. The van der Waals surface area contributed by atoms with Crippen LogP contribution in [0.5, 0.6) is 0 Å². The second kappa shape index (κ2) is 12.1. The minimum absolute atomic E-state index is 0. The molecule has 5 nitrogen and oxygen atoms in total. The highest BCUT2D eigenvalue weighted by Gasteiger charge is 2.47. The zero-order chi connectivity index (χ0) is 24.3. The fourth-order valence-corrected chi connectivity index (χ4v) is 6.07. The van der Waals surface area contributed by atoms with Crippen molar-refractivity contribution in [1.29, 1.82) is 0 Å². The third-order valence-corrected chi connectivity index (χ3v) is 8.96. The Morgan fingerprint density at radius 2 is 1.67 bits per heavy atom. The van der Waals surface area contributed by atoms with Crippen molar-refractivity contribution in [2.75, 3.05) is 26.2 Å². The van der Waals surface area contributed by atoms with Gasteiger partial charge in [0, 0.05) is 30.0 Å². The van der Waals surface area contributed by atoms with Crippen LogP contribution in [0.3, 0.4) is 0 Å². The van der Waals surface area contributed by atoms with Gasteiger partial charge < -0.3 is 15.1 Å². The van der Waals surface area contributed by atoms with Gasteiger partial charge in [-0.3, -0.25) is 9.59 Å². The van der Waals surface area contributed by atoms with E-state index in [-0.39, 0.29) is 35.7 Å². The minimum atomic E-state index is -0.177. The number of hydrogen-bond acceptors (Lipinski definition) is 3. The normalized spacial score (nSPS) is 20.6. The van der Waals surface area contributed by atoms with Crippen LogP contribution < -0.4 is 5.32 Å². The van der Waals surface area contributed by atoms with E-state index in [0.717, 1.165) is 69.2 Å². The molecule has 2 saturated heterocycles. The number of carbonyl (C=O) groups excluding carboxylic acids is 2. The maximum atomic E-state index is 13.4. The molecule has 1 N–H and O–H groups in total. The molecule has 1 atom stereocenters. The van der Waals surface area contributed by atoms with Crippen molar-refractivity contribution >= 4 is 40.2 Å². The van der Waals surface area contributed by atoms with Gasteiger partial charge in [-0.15, -0.1) is 12.4 Å². The molecule has 0 unspecified atom stereocenters. The second-order valence-corrected chi connectivity index (χ2v) is 11.5. The van der Waals surface area contributed by atoms with Crippen LogP contribution in [0.2, 0.25) is 0 Å². The highest BCUT2D eigenvalue weighted by molar-refractivity contribution is 9.10. The Kier molecular flexibility index (Phi) is 9.13. The first-order valence-electron chi connectivity index (χ1n) is 13.1. The Hall–Kier alpha value is -1.89. The van der Waals surface area contributed by atoms with Crippen LogP contribution in [0, 0.1) is 11.3 Å². The third-order valence-electron chi connectivity index (χ3n) is 8.43. The first kappa shape index (κ1) is 27.2. The van der Waals surface area contributed by atoms with Crippen LogP contribution in [0.1, 0.15) is 62.1 Å². The number of likely N-dealkylation sites (tertiary alicyclic amines) is 2. The summed E-state index contributed by atoms with van der Waals surface area (Å²) in [6.07, 6.45) is 6.96. The fraction of sp³-hybridized carbons (Fsp3) is 0.517. The van der Waals surface area contributed by atoms with Gasteiger partial charge in [0.1, 0.15) is 0 Å². The number of nitrogens with one attached hydrogen (secondary N) is 1. The number of piperidine rings is 1. The maximum Gasteiger partial charge on any atom is 0.229 e. The number of halogens is 2. The lowest BCUT2D eigenvalue weighted by Gasteiger charge is -2.38. The predicted octanol–water partition coefficient (Wildman–Crippen LogP) is 5.73. The molecule has 5 rings (SSSR count). The first-order valence-corrected chi connectivity index (χ1v) is 13.9. The molecule has 2 heterocycles. The molecule has 2 aliphatic heterocycles. The smallest absolute Gasteiger partial charge is 0.229 e. The molecule has 2 aromatic rings. The molecule has 1 saturated carbocycles. The lowest BCUT2D eigenvalue weighted by atomic mass is 9.77. The predicted molar refractivity (Wildman–Crippen MR) is 149 cm³/mol. The standard InChI is InChI=1S/C29H36BrN3O2.ClH/c30-25-11-9-22(10-12-25)21-33-20-16-29(28(33)35)14-18-32(19-15-29)17-13-26(23-5-2-1-3-6-23)31-27(34)24-7-4-8-24;/h1-3,5-6,9-12,24,26H,4,7-8,13-21H2,(H,31,34);1H/t26-;/m0./s1. The number of hydrogen-bond donors (Lipinski definition) is 1. The first-order chi connectivity index (χ1) is 17.0. The minimum Gasteiger partial charge on any atom is -0.349 e. The van der Waals surface area contributed by atoms with Crippen LogP contribution >= 0.6 is 28.3 Å². The molecule has 0 aromatic heterocycles. The van der Waals surface area contributed by atoms with Gasteiger partial charge in [0.15, 0.2) is 0 Å². The average Bonchev–Trinajstić information content (AvgIpc) is 3.13. The van der Waals surface area contributed by atoms with Crippen LogP contribution in [-0.2, 0) is 16.1 Å². The van der Waals surface area contributed by atoms with Crippen molar-refractivity contribution in [2.45, 2.75) is 57.5 Å². The van der Waals surface area contributed by atoms with Crippen LogP contribution in [0.4, 0.5) is 0 Å². The molecule has 36 heavy (non-hydrogen) atoms. The van der Waals surface area contributed by atoms with E-state index in [1.165, 1.54) is 17.5 Å². The summed E-state index contributed by atoms with van der Waals surface area (Å²) in [6, 6.07) is 18.7. The van der Waals surface area contributed by atoms with Crippen LogP contribution in [0.25, 0.3) is 0 Å². The van der Waals surface area contributed by atoms with Gasteiger partial charge in [-0.05, 0) is 74.9 Å². The van der Waals surface area contributed by atoms with Crippen LogP contribution in [0.15, 0.2) is 59.1 Å². The molecule has 3 fully saturated rings. The highest BCUT2D eigenvalue weighted by Crippen LogP contribution is 2.42. The molecule has 2 aromatic carbocycles. The zero-order valence-electron chi connectivity index (χ0n) is 20.8. The molecule has 3 aliphatic rings. The van der Waals surface area contributed by atoms with Crippen molar-refractivity contribution < 1.29 is 9.59 Å². The number of rotatable bonds is 8. The molecular formula is C29H37BrClN3O2. The Morgan fingerprint density at radius 3 is 2.31 bits per heavy atom. The largest absolute Gasteiger partial charge is 0.349 e. The lowest BCUT2D eigenvalue weighted by Crippen LogP contribution is -2.45. The Morgan fingerprint density at radius 1 is 1.00 bits per heavy atom. The molecule has 0 radical (unpaired) electrons. The zero-order valence-corrected chi connectivity index (χ0v) is 23.2. The summed E-state index contributed by atoms with van der Waals surface area (Å²) < 4.78 is 1.06. The summed E-state index contributed by atoms with van der Waals surface area (Å²) >= 11 is 3.49. The van der Waals surface area contributed by atoms with E-state index in [1.54, 1.807) is 0 Å². The van der Waals surface area contributed by atoms with Gasteiger partial charge in [0.05, 0.1) is 11.5 Å². The number of carbonyl (C=O) groups is 2. The van der Waals surface area contributed by atoms with Crippen LogP contribution in [-0.4, -0.2) is 47.8 Å². The number of benzene rings is 2. The summed E-state index contributed by atoms with van der Waals surface area (Å²) in [7, 11) is 0. The van der Waals surface area contributed by atoms with E-state index >= 15 is 0 Å². The molecule has 194 valence electrons. The Bertz CT molecular complexity index is 1020. The van der Waals surface area contributed by atoms with E-state index in [0.29, 0.717) is 12.5 Å². The Balaban J connectivity index is 0.00000304. The fourth-order valence-electron chi connectivity index (χ4n) is 5.80. The molecule has 0 bridgehead atoms. The number of nitrogens with zero attached hydrogens (tertiary/aromatic N) is 2. The van der Waals surface area contributed by atoms with E-state index in [4.69, 9.17) is 0 Å². The van der Waals surface area contributed by atoms with Gasteiger partial charge in [0.2, 0.25) is 11.8 Å². The summed E-state index contributed by atoms with van der Waals surface area (Å²) in [4.78, 5) is 30.6. The molecule has 7 heteroatoms. The summed E-state index contributed by atoms with van der Waals surface area (Å²) in [5, 5.41) is 3.33. The van der Waals surface area contributed by atoms with E-state index < -0.39 is 0 Å². The van der Waals surface area contributed by atoms with Gasteiger partial charge in [-0.1, -0.05) is 64.8 Å². The molecule has 1 aliphatic carbocycles. The lowest BCUT2D eigenvalue weighted by molar-refractivity contribution is -0.139. The summed E-state index contributed by atoms with van der Waals surface area (Å²) in [6.45, 7) is 4.42. The average molecular weight is 575 g/mol. The topological polar surface area (TPSA) is 52.7 Å². The summed E-state index contributed by atoms with van der Waals surface area (Å²) in [5.41, 5.74) is 2.19. The quantitative estimate of drug-likeness (QED) is 0.438. The monoisotopic (exact) mass is 573 g/mol. The van der Waals surface area contributed by atoms with Gasteiger partial charge in [-0.2, -0.15) is 0 Å². The van der Waals surface area contributed by atoms with E-state index in [1.807, 2.05) is 30.3 Å².